The van der Waals surface area contributed by atoms with Gasteiger partial charge in [-0.1, -0.05) is 12.2 Å². The van der Waals surface area contributed by atoms with Crippen molar-refractivity contribution in [1.82, 2.24) is 9.62 Å². The fourth-order valence-electron chi connectivity index (χ4n) is 3.83. The summed E-state index contributed by atoms with van der Waals surface area (Å²) in [5.41, 5.74) is -0.653. The number of fused-ring (bicyclic) bond motifs is 2. The van der Waals surface area contributed by atoms with Gasteiger partial charge in [-0.2, -0.15) is 0 Å². The summed E-state index contributed by atoms with van der Waals surface area (Å²) in [6, 6.07) is -0.455. The number of nitrogens with zero attached hydrogens (tertiary/aromatic N) is 1. The van der Waals surface area contributed by atoms with E-state index in [9.17, 15) is 19.5 Å². The highest BCUT2D eigenvalue weighted by molar-refractivity contribution is 7.99. The average molecular weight is 465 g/mol. The number of ether oxygens (including phenoxy) is 2. The first-order chi connectivity index (χ1) is 14.2. The number of hydrogen-bond donors (Lipinski definition) is 4. The summed E-state index contributed by atoms with van der Waals surface area (Å²) in [4.78, 5) is 2.37. The van der Waals surface area contributed by atoms with Gasteiger partial charge in [0.15, 0.2) is 0 Å². The van der Waals surface area contributed by atoms with Crippen LogP contribution in [0.15, 0.2) is 12.2 Å². The molecule has 0 spiro atoms. The van der Waals surface area contributed by atoms with E-state index in [1.807, 2.05) is 20.8 Å². The SMILES string of the molecule is CC(C)(C)[S@@](=O)N[C@@H]1C/C=C\C(CN2CCOCC2)CS[C@H]2O[C@H]1[C@H](O)[C@H](O)[C@H]2O. The van der Waals surface area contributed by atoms with E-state index in [1.54, 1.807) is 0 Å². The molecule has 0 aromatic carbocycles. The van der Waals surface area contributed by atoms with E-state index >= 15 is 0 Å². The molecular formula is C20H36N2O6S2. The molecule has 4 N–H and O–H groups in total. The highest BCUT2D eigenvalue weighted by Gasteiger charge is 2.47. The fourth-order valence-corrected chi connectivity index (χ4v) is 5.91. The lowest BCUT2D eigenvalue weighted by Crippen LogP contribution is -2.62. The van der Waals surface area contributed by atoms with Crippen molar-refractivity contribution >= 4 is 22.7 Å². The molecule has 10 heteroatoms. The maximum Gasteiger partial charge on any atom is 0.132 e. The molecule has 3 aliphatic rings. The van der Waals surface area contributed by atoms with E-state index in [4.69, 9.17) is 9.47 Å². The predicted octanol–water partition coefficient (Wildman–Crippen LogP) is -0.144. The zero-order valence-electron chi connectivity index (χ0n) is 18.0. The Morgan fingerprint density at radius 3 is 2.53 bits per heavy atom. The number of rotatable bonds is 4. The average Bonchev–Trinajstić information content (AvgIpc) is 2.70. The second kappa shape index (κ2) is 10.7. The van der Waals surface area contributed by atoms with Gasteiger partial charge in [0, 0.05) is 25.4 Å². The van der Waals surface area contributed by atoms with Crippen molar-refractivity contribution in [3.05, 3.63) is 12.2 Å². The second-order valence-corrected chi connectivity index (χ2v) is 12.3. The van der Waals surface area contributed by atoms with Crippen LogP contribution in [-0.2, 0) is 20.5 Å². The minimum absolute atomic E-state index is 0.248. The molecule has 0 radical (unpaired) electrons. The predicted molar refractivity (Wildman–Crippen MR) is 118 cm³/mol. The molecule has 3 aliphatic heterocycles. The monoisotopic (exact) mass is 464 g/mol. The first-order valence-electron chi connectivity index (χ1n) is 10.6. The highest BCUT2D eigenvalue weighted by Crippen LogP contribution is 2.33. The van der Waals surface area contributed by atoms with Crippen molar-refractivity contribution in [2.24, 2.45) is 5.92 Å². The summed E-state index contributed by atoms with van der Waals surface area (Å²) >= 11 is 1.46. The quantitative estimate of drug-likeness (QED) is 0.426. The minimum atomic E-state index is -1.37. The zero-order chi connectivity index (χ0) is 21.9. The molecule has 30 heavy (non-hydrogen) atoms. The molecule has 174 valence electrons. The molecular weight excluding hydrogens is 428 g/mol. The van der Waals surface area contributed by atoms with Crippen molar-refractivity contribution in [3.63, 3.8) is 0 Å². The van der Waals surface area contributed by atoms with E-state index < -0.39 is 51.6 Å². The molecule has 0 aliphatic carbocycles. The van der Waals surface area contributed by atoms with E-state index in [2.05, 4.69) is 21.8 Å². The van der Waals surface area contributed by atoms with Crippen LogP contribution < -0.4 is 4.72 Å². The molecule has 3 rings (SSSR count). The summed E-state index contributed by atoms with van der Waals surface area (Å²) < 4.78 is 26.8. The van der Waals surface area contributed by atoms with Crippen LogP contribution in [0, 0.1) is 5.92 Å². The Balaban J connectivity index is 1.78. The van der Waals surface area contributed by atoms with Crippen LogP contribution >= 0.6 is 11.8 Å². The topological polar surface area (TPSA) is 111 Å². The Bertz CT molecular complexity index is 611. The van der Waals surface area contributed by atoms with Crippen LogP contribution in [0.1, 0.15) is 27.2 Å². The summed E-state index contributed by atoms with van der Waals surface area (Å²) in [7, 11) is -1.37. The first-order valence-corrected chi connectivity index (χ1v) is 12.8. The van der Waals surface area contributed by atoms with Gasteiger partial charge in [-0.3, -0.25) is 4.90 Å². The Morgan fingerprint density at radius 1 is 1.17 bits per heavy atom. The minimum Gasteiger partial charge on any atom is -0.388 e. The molecule has 2 saturated heterocycles. The van der Waals surface area contributed by atoms with E-state index in [0.717, 1.165) is 38.6 Å². The van der Waals surface area contributed by atoms with Gasteiger partial charge in [0.2, 0.25) is 0 Å². The molecule has 0 aromatic heterocycles. The summed E-state index contributed by atoms with van der Waals surface area (Å²) in [5, 5.41) is 31.5. The Hall–Kier alpha value is -0.0400. The number of aliphatic hydroxyl groups is 3. The van der Waals surface area contributed by atoms with Gasteiger partial charge in [-0.05, 0) is 33.1 Å². The zero-order valence-corrected chi connectivity index (χ0v) is 19.6. The summed E-state index contributed by atoms with van der Waals surface area (Å²) in [6.07, 6.45) is 0.210. The van der Waals surface area contributed by atoms with Gasteiger partial charge in [0.25, 0.3) is 0 Å². The number of morpholine rings is 1. The van der Waals surface area contributed by atoms with Crippen LogP contribution in [0.5, 0.6) is 0 Å². The number of thioether (sulfide) groups is 1. The van der Waals surface area contributed by atoms with Gasteiger partial charge >= 0.3 is 0 Å². The third kappa shape index (κ3) is 6.26. The van der Waals surface area contributed by atoms with Crippen LogP contribution in [0.2, 0.25) is 0 Å². The maximum absolute atomic E-state index is 12.7. The molecule has 0 saturated carbocycles. The second-order valence-electron chi connectivity index (χ2n) is 9.22. The molecule has 0 amide bonds. The molecule has 0 aromatic rings. The van der Waals surface area contributed by atoms with Crippen LogP contribution in [-0.4, -0.2) is 104 Å². The van der Waals surface area contributed by atoms with Gasteiger partial charge < -0.3 is 24.8 Å². The van der Waals surface area contributed by atoms with Crippen LogP contribution in [0.4, 0.5) is 0 Å². The third-order valence-electron chi connectivity index (χ3n) is 5.69. The summed E-state index contributed by atoms with van der Waals surface area (Å²) in [6.45, 7) is 9.80. The lowest BCUT2D eigenvalue weighted by Gasteiger charge is -2.44. The molecule has 2 bridgehead atoms. The molecule has 3 heterocycles. The Kier molecular flexibility index (Phi) is 8.79. The Morgan fingerprint density at radius 2 is 1.87 bits per heavy atom. The Labute approximate surface area is 186 Å². The number of hydrogen-bond acceptors (Lipinski definition) is 8. The van der Waals surface area contributed by atoms with Crippen molar-refractivity contribution in [3.8, 4) is 0 Å². The van der Waals surface area contributed by atoms with Gasteiger partial charge in [0.1, 0.15) is 29.9 Å². The molecule has 8 atom stereocenters. The van der Waals surface area contributed by atoms with Gasteiger partial charge in [-0.15, -0.1) is 11.8 Å². The standard InChI is InChI=1S/C20H36N2O6S2/c1-20(2,3)30(26)21-14-6-4-5-13(11-22-7-9-27-10-8-22)12-29-19-17(25)15(23)16(24)18(14)28-19/h4-5,13-19,21,23-25H,6-12H2,1-3H3/b5-4-/t13?,14-,15+,16-,17-,18-,19-,30-/m1/s1. The fraction of sp³-hybridized carbons (Fsp3) is 0.900. The molecule has 2 fully saturated rings. The van der Waals surface area contributed by atoms with Gasteiger partial charge in [-0.25, -0.2) is 8.93 Å². The van der Waals surface area contributed by atoms with Crippen LogP contribution in [0.3, 0.4) is 0 Å². The summed E-state index contributed by atoms with van der Waals surface area (Å²) in [5.74, 6) is 0.982. The maximum atomic E-state index is 12.7. The van der Waals surface area contributed by atoms with Crippen molar-refractivity contribution in [2.75, 3.05) is 38.6 Å². The van der Waals surface area contributed by atoms with E-state index in [-0.39, 0.29) is 5.92 Å². The van der Waals surface area contributed by atoms with E-state index in [0.29, 0.717) is 6.42 Å². The normalized spacial score (nSPS) is 41.2. The number of nitrogens with one attached hydrogen (secondary N) is 1. The molecule has 8 nitrogen and oxygen atoms in total. The van der Waals surface area contributed by atoms with Crippen molar-refractivity contribution in [1.29, 1.82) is 0 Å². The lowest BCUT2D eigenvalue weighted by atomic mass is 9.93. The first kappa shape index (κ1) is 24.6. The largest absolute Gasteiger partial charge is 0.388 e. The van der Waals surface area contributed by atoms with Crippen molar-refractivity contribution in [2.45, 2.75) is 67.8 Å². The lowest BCUT2D eigenvalue weighted by molar-refractivity contribution is -0.203. The molecule has 1 unspecified atom stereocenters. The highest BCUT2D eigenvalue weighted by atomic mass is 32.2. The van der Waals surface area contributed by atoms with E-state index in [1.165, 1.54) is 11.8 Å². The number of aliphatic hydroxyl groups excluding tert-OH is 3. The van der Waals surface area contributed by atoms with Gasteiger partial charge in [0.05, 0.1) is 35.0 Å². The smallest absolute Gasteiger partial charge is 0.132 e. The van der Waals surface area contributed by atoms with Crippen LogP contribution in [0.25, 0.3) is 0 Å². The third-order valence-corrected chi connectivity index (χ3v) is 8.66. The van der Waals surface area contributed by atoms with Crippen molar-refractivity contribution < 1.29 is 29.0 Å².